The summed E-state index contributed by atoms with van der Waals surface area (Å²) in [4.78, 5) is 14.2. The van der Waals surface area contributed by atoms with Crippen LogP contribution in [0, 0.1) is 5.92 Å². The van der Waals surface area contributed by atoms with Gasteiger partial charge in [-0.3, -0.25) is 4.79 Å². The van der Waals surface area contributed by atoms with Crippen LogP contribution in [-0.4, -0.2) is 36.5 Å². The van der Waals surface area contributed by atoms with Crippen LogP contribution in [0.4, 0.5) is 0 Å². The standard InChI is InChI=1S/C17H32N2O/c1-2-3-4-5-6-7-17(20)19-12-10-16(11-13-19)18-14-15-8-9-15/h15-16,18H,2-14H2,1H3. The maximum atomic E-state index is 12.1. The van der Waals surface area contributed by atoms with Crippen molar-refractivity contribution in [2.75, 3.05) is 19.6 Å². The lowest BCUT2D eigenvalue weighted by Gasteiger charge is -2.32. The van der Waals surface area contributed by atoms with Gasteiger partial charge in [0.25, 0.3) is 0 Å². The molecule has 2 fully saturated rings. The molecular formula is C17H32N2O. The van der Waals surface area contributed by atoms with Gasteiger partial charge in [0.1, 0.15) is 0 Å². The van der Waals surface area contributed by atoms with Crippen molar-refractivity contribution in [2.45, 2.75) is 77.2 Å². The van der Waals surface area contributed by atoms with Gasteiger partial charge >= 0.3 is 0 Å². The fraction of sp³-hybridized carbons (Fsp3) is 0.941. The first-order valence-corrected chi connectivity index (χ1v) is 8.80. The Balaban J connectivity index is 1.51. The summed E-state index contributed by atoms with van der Waals surface area (Å²) in [6, 6.07) is 0.657. The molecule has 2 aliphatic rings. The molecule has 1 amide bonds. The number of piperidine rings is 1. The summed E-state index contributed by atoms with van der Waals surface area (Å²) in [5.74, 6) is 1.35. The quantitative estimate of drug-likeness (QED) is 0.657. The molecule has 20 heavy (non-hydrogen) atoms. The minimum absolute atomic E-state index is 0.391. The summed E-state index contributed by atoms with van der Waals surface area (Å²) in [6.45, 7) is 5.37. The lowest BCUT2D eigenvalue weighted by Crippen LogP contribution is -2.45. The highest BCUT2D eigenvalue weighted by molar-refractivity contribution is 5.76. The average molecular weight is 280 g/mol. The molecule has 0 aromatic heterocycles. The highest BCUT2D eigenvalue weighted by Crippen LogP contribution is 2.28. The molecule has 1 saturated heterocycles. The number of likely N-dealkylation sites (tertiary alicyclic amines) is 1. The fourth-order valence-corrected chi connectivity index (χ4v) is 3.03. The van der Waals surface area contributed by atoms with E-state index in [4.69, 9.17) is 0 Å². The van der Waals surface area contributed by atoms with Gasteiger partial charge in [-0.2, -0.15) is 0 Å². The molecule has 1 N–H and O–H groups in total. The summed E-state index contributed by atoms with van der Waals surface area (Å²) in [5, 5.41) is 3.67. The molecular weight excluding hydrogens is 248 g/mol. The van der Waals surface area contributed by atoms with Gasteiger partial charge in [0.05, 0.1) is 0 Å². The van der Waals surface area contributed by atoms with Crippen molar-refractivity contribution in [1.29, 1.82) is 0 Å². The molecule has 0 aromatic carbocycles. The Morgan fingerprint density at radius 3 is 2.40 bits per heavy atom. The summed E-state index contributed by atoms with van der Waals surface area (Å²) in [5.41, 5.74) is 0. The second-order valence-electron chi connectivity index (χ2n) is 6.67. The minimum atomic E-state index is 0.391. The predicted octanol–water partition coefficient (Wildman–Crippen LogP) is 3.34. The van der Waals surface area contributed by atoms with E-state index in [0.717, 1.165) is 44.7 Å². The Hall–Kier alpha value is -0.570. The molecule has 0 atom stereocenters. The zero-order chi connectivity index (χ0) is 14.2. The van der Waals surface area contributed by atoms with E-state index in [-0.39, 0.29) is 0 Å². The van der Waals surface area contributed by atoms with E-state index in [1.54, 1.807) is 0 Å². The smallest absolute Gasteiger partial charge is 0.222 e. The normalized spacial score (nSPS) is 20.4. The molecule has 3 heteroatoms. The predicted molar refractivity (Wildman–Crippen MR) is 83.7 cm³/mol. The SMILES string of the molecule is CCCCCCCC(=O)N1CCC(NCC2CC2)CC1. The number of carbonyl (C=O) groups excluding carboxylic acids is 1. The van der Waals surface area contributed by atoms with Crippen molar-refractivity contribution in [1.82, 2.24) is 10.2 Å². The zero-order valence-corrected chi connectivity index (χ0v) is 13.2. The van der Waals surface area contributed by atoms with Crippen molar-refractivity contribution in [3.8, 4) is 0 Å². The first-order valence-electron chi connectivity index (χ1n) is 8.80. The van der Waals surface area contributed by atoms with Gasteiger partial charge in [-0.15, -0.1) is 0 Å². The topological polar surface area (TPSA) is 32.3 Å². The van der Waals surface area contributed by atoms with Crippen molar-refractivity contribution in [2.24, 2.45) is 5.92 Å². The van der Waals surface area contributed by atoms with Crippen LogP contribution in [0.25, 0.3) is 0 Å². The zero-order valence-electron chi connectivity index (χ0n) is 13.2. The minimum Gasteiger partial charge on any atom is -0.343 e. The van der Waals surface area contributed by atoms with E-state index in [9.17, 15) is 4.79 Å². The third-order valence-corrected chi connectivity index (χ3v) is 4.73. The number of nitrogens with one attached hydrogen (secondary N) is 1. The maximum Gasteiger partial charge on any atom is 0.222 e. The van der Waals surface area contributed by atoms with Crippen LogP contribution in [0.5, 0.6) is 0 Å². The van der Waals surface area contributed by atoms with E-state index >= 15 is 0 Å². The second kappa shape index (κ2) is 8.66. The van der Waals surface area contributed by atoms with Crippen LogP contribution in [0.2, 0.25) is 0 Å². The van der Waals surface area contributed by atoms with Crippen LogP contribution in [0.3, 0.4) is 0 Å². The molecule has 0 bridgehead atoms. The second-order valence-corrected chi connectivity index (χ2v) is 6.67. The summed E-state index contributed by atoms with van der Waals surface area (Å²) < 4.78 is 0. The largest absolute Gasteiger partial charge is 0.343 e. The molecule has 1 aliphatic carbocycles. The van der Waals surface area contributed by atoms with Crippen molar-refractivity contribution in [3.63, 3.8) is 0 Å². The molecule has 0 aromatic rings. The lowest BCUT2D eigenvalue weighted by atomic mass is 10.0. The van der Waals surface area contributed by atoms with E-state index in [1.807, 2.05) is 0 Å². The molecule has 0 spiro atoms. The van der Waals surface area contributed by atoms with Crippen LogP contribution >= 0.6 is 0 Å². The molecule has 116 valence electrons. The van der Waals surface area contributed by atoms with Crippen molar-refractivity contribution >= 4 is 5.91 Å². The Morgan fingerprint density at radius 2 is 1.75 bits per heavy atom. The number of nitrogens with zero attached hydrogens (tertiary/aromatic N) is 1. The Labute approximate surface area is 124 Å². The van der Waals surface area contributed by atoms with Gasteiger partial charge in [-0.25, -0.2) is 0 Å². The lowest BCUT2D eigenvalue weighted by molar-refractivity contribution is -0.132. The van der Waals surface area contributed by atoms with Gasteiger partial charge in [0.2, 0.25) is 5.91 Å². The number of rotatable bonds is 9. The van der Waals surface area contributed by atoms with Gasteiger partial charge in [-0.05, 0) is 44.6 Å². The summed E-state index contributed by atoms with van der Waals surface area (Å²) in [7, 11) is 0. The first-order chi connectivity index (χ1) is 9.79. The Kier molecular flexibility index (Phi) is 6.85. The van der Waals surface area contributed by atoms with E-state index in [2.05, 4.69) is 17.1 Å². The molecule has 3 nitrogen and oxygen atoms in total. The molecule has 2 rings (SSSR count). The summed E-state index contributed by atoms with van der Waals surface area (Å²) in [6.07, 6.45) is 12.1. The third kappa shape index (κ3) is 5.82. The molecule has 1 heterocycles. The fourth-order valence-electron chi connectivity index (χ4n) is 3.03. The molecule has 1 saturated carbocycles. The van der Waals surface area contributed by atoms with Crippen LogP contribution in [0.1, 0.15) is 71.1 Å². The van der Waals surface area contributed by atoms with Gasteiger partial charge in [0.15, 0.2) is 0 Å². The van der Waals surface area contributed by atoms with E-state index in [1.165, 1.54) is 45.1 Å². The van der Waals surface area contributed by atoms with Crippen LogP contribution in [-0.2, 0) is 4.79 Å². The van der Waals surface area contributed by atoms with E-state index < -0.39 is 0 Å². The number of amides is 1. The van der Waals surface area contributed by atoms with Gasteiger partial charge in [-0.1, -0.05) is 32.6 Å². The highest BCUT2D eigenvalue weighted by atomic mass is 16.2. The van der Waals surface area contributed by atoms with Gasteiger partial charge in [0, 0.05) is 25.6 Å². The highest BCUT2D eigenvalue weighted by Gasteiger charge is 2.25. The van der Waals surface area contributed by atoms with Crippen LogP contribution in [0.15, 0.2) is 0 Å². The average Bonchev–Trinajstić information content (AvgIpc) is 3.29. The number of carbonyl (C=O) groups is 1. The first kappa shape index (κ1) is 15.8. The maximum absolute atomic E-state index is 12.1. The Bertz CT molecular complexity index is 281. The molecule has 1 aliphatic heterocycles. The third-order valence-electron chi connectivity index (χ3n) is 4.73. The number of unbranched alkanes of at least 4 members (excludes halogenated alkanes) is 4. The van der Waals surface area contributed by atoms with Gasteiger partial charge < -0.3 is 10.2 Å². The van der Waals surface area contributed by atoms with Crippen LogP contribution < -0.4 is 5.32 Å². The molecule has 0 radical (unpaired) electrons. The monoisotopic (exact) mass is 280 g/mol. The number of hydrogen-bond acceptors (Lipinski definition) is 2. The number of hydrogen-bond donors (Lipinski definition) is 1. The van der Waals surface area contributed by atoms with E-state index in [0.29, 0.717) is 11.9 Å². The Morgan fingerprint density at radius 1 is 1.05 bits per heavy atom. The summed E-state index contributed by atoms with van der Waals surface area (Å²) >= 11 is 0. The van der Waals surface area contributed by atoms with Crippen molar-refractivity contribution < 1.29 is 4.79 Å². The van der Waals surface area contributed by atoms with Crippen molar-refractivity contribution in [3.05, 3.63) is 0 Å². The molecule has 0 unspecified atom stereocenters.